The molecule has 0 saturated heterocycles. The number of para-hydroxylation sites is 2. The number of halogens is 1. The summed E-state index contributed by atoms with van der Waals surface area (Å²) in [7, 11) is 0. The normalized spacial score (nSPS) is 16.3. The number of carbonyl (C=O) groups is 2. The molecule has 0 spiro atoms. The lowest BCUT2D eigenvalue weighted by Gasteiger charge is -2.33. The van der Waals surface area contributed by atoms with Gasteiger partial charge in [-0.25, -0.2) is 0 Å². The van der Waals surface area contributed by atoms with E-state index in [-0.39, 0.29) is 18.4 Å². The van der Waals surface area contributed by atoms with E-state index in [2.05, 4.69) is 5.32 Å². The van der Waals surface area contributed by atoms with Crippen molar-refractivity contribution < 1.29 is 14.3 Å². The number of anilines is 2. The van der Waals surface area contributed by atoms with Gasteiger partial charge in [0.2, 0.25) is 5.91 Å². The molecule has 5 nitrogen and oxygen atoms in total. The molecule has 118 valence electrons. The number of rotatable bonds is 2. The molecule has 1 aliphatic rings. The van der Waals surface area contributed by atoms with Gasteiger partial charge >= 0.3 is 0 Å². The molecule has 2 aromatic rings. The first-order valence-corrected chi connectivity index (χ1v) is 7.52. The SMILES string of the molecule is CC(=O)N1C[C@H](C(=O)Nc2cccc(Cl)c2)Oc2ccccc21. The minimum atomic E-state index is -0.784. The smallest absolute Gasteiger partial charge is 0.267 e. The maximum Gasteiger partial charge on any atom is 0.267 e. The minimum Gasteiger partial charge on any atom is -0.476 e. The Hall–Kier alpha value is -2.53. The Morgan fingerprint density at radius 2 is 2.00 bits per heavy atom. The predicted octanol–water partition coefficient (Wildman–Crippen LogP) is 3.09. The molecule has 0 saturated carbocycles. The lowest BCUT2D eigenvalue weighted by atomic mass is 10.1. The van der Waals surface area contributed by atoms with Crippen molar-refractivity contribution in [3.63, 3.8) is 0 Å². The second kappa shape index (κ2) is 6.30. The monoisotopic (exact) mass is 330 g/mol. The van der Waals surface area contributed by atoms with Crippen molar-refractivity contribution in [3.05, 3.63) is 53.6 Å². The fourth-order valence-corrected chi connectivity index (χ4v) is 2.65. The van der Waals surface area contributed by atoms with Crippen LogP contribution in [0.3, 0.4) is 0 Å². The highest BCUT2D eigenvalue weighted by atomic mass is 35.5. The van der Waals surface area contributed by atoms with Crippen molar-refractivity contribution in [2.45, 2.75) is 13.0 Å². The Kier molecular flexibility index (Phi) is 4.21. The maximum atomic E-state index is 12.4. The van der Waals surface area contributed by atoms with E-state index in [9.17, 15) is 9.59 Å². The highest BCUT2D eigenvalue weighted by Gasteiger charge is 2.32. The molecule has 3 rings (SSSR count). The van der Waals surface area contributed by atoms with E-state index in [1.807, 2.05) is 6.07 Å². The number of nitrogens with zero attached hydrogens (tertiary/aromatic N) is 1. The molecule has 1 atom stereocenters. The first-order chi connectivity index (χ1) is 11.0. The van der Waals surface area contributed by atoms with Crippen molar-refractivity contribution in [2.75, 3.05) is 16.8 Å². The molecule has 0 fully saturated rings. The van der Waals surface area contributed by atoms with Crippen LogP contribution >= 0.6 is 11.6 Å². The van der Waals surface area contributed by atoms with Gasteiger partial charge in [0.1, 0.15) is 5.75 Å². The second-order valence-electron chi connectivity index (χ2n) is 5.20. The summed E-state index contributed by atoms with van der Waals surface area (Å²) >= 11 is 5.91. The van der Waals surface area contributed by atoms with Crippen LogP contribution in [0.5, 0.6) is 5.75 Å². The highest BCUT2D eigenvalue weighted by Crippen LogP contribution is 2.33. The van der Waals surface area contributed by atoms with Crippen LogP contribution in [0, 0.1) is 0 Å². The molecule has 6 heteroatoms. The zero-order valence-electron chi connectivity index (χ0n) is 12.5. The van der Waals surface area contributed by atoms with E-state index >= 15 is 0 Å². The molecule has 0 unspecified atom stereocenters. The molecule has 2 amide bonds. The van der Waals surface area contributed by atoms with Gasteiger partial charge in [-0.1, -0.05) is 29.8 Å². The Morgan fingerprint density at radius 1 is 1.22 bits per heavy atom. The van der Waals surface area contributed by atoms with Gasteiger partial charge in [-0.15, -0.1) is 0 Å². The molecular weight excluding hydrogens is 316 g/mol. The lowest BCUT2D eigenvalue weighted by molar-refractivity contribution is -0.123. The molecule has 1 N–H and O–H groups in total. The summed E-state index contributed by atoms with van der Waals surface area (Å²) in [4.78, 5) is 25.8. The van der Waals surface area contributed by atoms with Crippen LogP contribution in [0.25, 0.3) is 0 Å². The molecule has 2 aromatic carbocycles. The molecular formula is C17H15ClN2O3. The molecule has 0 bridgehead atoms. The summed E-state index contributed by atoms with van der Waals surface area (Å²) in [6.07, 6.45) is -0.784. The summed E-state index contributed by atoms with van der Waals surface area (Å²) in [5.41, 5.74) is 1.26. The maximum absolute atomic E-state index is 12.4. The second-order valence-corrected chi connectivity index (χ2v) is 5.64. The third-order valence-corrected chi connectivity index (χ3v) is 3.77. The summed E-state index contributed by atoms with van der Waals surface area (Å²) in [5, 5.41) is 3.29. The van der Waals surface area contributed by atoms with Crippen LogP contribution in [0.1, 0.15) is 6.92 Å². The van der Waals surface area contributed by atoms with Gasteiger partial charge in [0.05, 0.1) is 12.2 Å². The van der Waals surface area contributed by atoms with Crippen molar-refractivity contribution >= 4 is 34.8 Å². The van der Waals surface area contributed by atoms with Gasteiger partial charge in [0, 0.05) is 17.6 Å². The number of nitrogens with one attached hydrogen (secondary N) is 1. The fraction of sp³-hybridized carbons (Fsp3) is 0.176. The largest absolute Gasteiger partial charge is 0.476 e. The van der Waals surface area contributed by atoms with Crippen LogP contribution in [-0.2, 0) is 9.59 Å². The van der Waals surface area contributed by atoms with Crippen molar-refractivity contribution in [1.82, 2.24) is 0 Å². The van der Waals surface area contributed by atoms with E-state index in [0.717, 1.165) is 0 Å². The van der Waals surface area contributed by atoms with E-state index in [4.69, 9.17) is 16.3 Å². The van der Waals surface area contributed by atoms with Gasteiger partial charge in [-0.2, -0.15) is 0 Å². The van der Waals surface area contributed by atoms with E-state index in [1.165, 1.54) is 6.92 Å². The standard InChI is InChI=1S/C17H15ClN2O3/c1-11(21)20-10-16(23-15-8-3-2-7-14(15)20)17(22)19-13-6-4-5-12(18)9-13/h2-9,16H,10H2,1H3,(H,19,22)/t16-/m1/s1. The van der Waals surface area contributed by atoms with Gasteiger partial charge in [-0.05, 0) is 30.3 Å². The Labute approximate surface area is 138 Å². The fourth-order valence-electron chi connectivity index (χ4n) is 2.46. The average molecular weight is 331 g/mol. The summed E-state index contributed by atoms with van der Waals surface area (Å²) in [6, 6.07) is 14.0. The van der Waals surface area contributed by atoms with Crippen molar-refractivity contribution in [3.8, 4) is 5.75 Å². The molecule has 0 aromatic heterocycles. The lowest BCUT2D eigenvalue weighted by Crippen LogP contribution is -2.48. The van der Waals surface area contributed by atoms with E-state index in [0.29, 0.717) is 22.1 Å². The summed E-state index contributed by atoms with van der Waals surface area (Å²) in [5.74, 6) is 0.0505. The first-order valence-electron chi connectivity index (χ1n) is 7.15. The Morgan fingerprint density at radius 3 is 2.74 bits per heavy atom. The molecule has 1 heterocycles. The molecule has 0 aliphatic carbocycles. The van der Waals surface area contributed by atoms with Crippen LogP contribution in [0.15, 0.2) is 48.5 Å². The first kappa shape index (κ1) is 15.4. The topological polar surface area (TPSA) is 58.6 Å². The van der Waals surface area contributed by atoms with E-state index in [1.54, 1.807) is 47.4 Å². The Balaban J connectivity index is 1.81. The number of hydrogen-bond acceptors (Lipinski definition) is 3. The molecule has 23 heavy (non-hydrogen) atoms. The zero-order valence-corrected chi connectivity index (χ0v) is 13.2. The third-order valence-electron chi connectivity index (χ3n) is 3.54. The van der Waals surface area contributed by atoms with Crippen LogP contribution < -0.4 is 15.0 Å². The highest BCUT2D eigenvalue weighted by molar-refractivity contribution is 6.30. The number of fused-ring (bicyclic) bond motifs is 1. The number of carbonyl (C=O) groups excluding carboxylic acids is 2. The number of hydrogen-bond donors (Lipinski definition) is 1. The molecule has 1 aliphatic heterocycles. The Bertz CT molecular complexity index is 763. The van der Waals surface area contributed by atoms with Gasteiger partial charge < -0.3 is 15.0 Å². The van der Waals surface area contributed by atoms with Crippen LogP contribution in [0.4, 0.5) is 11.4 Å². The van der Waals surface area contributed by atoms with Gasteiger partial charge in [0.15, 0.2) is 6.10 Å². The number of ether oxygens (including phenoxy) is 1. The molecule has 0 radical (unpaired) electrons. The number of amides is 2. The van der Waals surface area contributed by atoms with Gasteiger partial charge in [-0.3, -0.25) is 9.59 Å². The quantitative estimate of drug-likeness (QED) is 0.920. The van der Waals surface area contributed by atoms with E-state index < -0.39 is 6.10 Å². The van der Waals surface area contributed by atoms with Crippen molar-refractivity contribution in [1.29, 1.82) is 0 Å². The van der Waals surface area contributed by atoms with Crippen molar-refractivity contribution in [2.24, 2.45) is 0 Å². The number of benzene rings is 2. The van der Waals surface area contributed by atoms with Crippen LogP contribution in [0.2, 0.25) is 5.02 Å². The average Bonchev–Trinajstić information content (AvgIpc) is 2.53. The third kappa shape index (κ3) is 3.29. The van der Waals surface area contributed by atoms with Crippen LogP contribution in [-0.4, -0.2) is 24.5 Å². The minimum absolute atomic E-state index is 0.138. The summed E-state index contributed by atoms with van der Waals surface area (Å²) in [6.45, 7) is 1.63. The summed E-state index contributed by atoms with van der Waals surface area (Å²) < 4.78 is 5.74. The zero-order chi connectivity index (χ0) is 16.4. The predicted molar refractivity (Wildman–Crippen MR) is 89.0 cm³/mol. The van der Waals surface area contributed by atoms with Gasteiger partial charge in [0.25, 0.3) is 5.91 Å².